The first-order valence-electron chi connectivity index (χ1n) is 4.65. The lowest BCUT2D eigenvalue weighted by Gasteiger charge is -2.17. The molecule has 1 aliphatic rings. The Morgan fingerprint density at radius 1 is 1.53 bits per heavy atom. The molecule has 2 rings (SSSR count). The summed E-state index contributed by atoms with van der Waals surface area (Å²) >= 11 is 3.33. The van der Waals surface area contributed by atoms with E-state index in [2.05, 4.69) is 15.9 Å². The number of methoxy groups -OCH3 is 1. The van der Waals surface area contributed by atoms with E-state index in [9.17, 15) is 9.90 Å². The topological polar surface area (TPSA) is 49.4 Å². The minimum absolute atomic E-state index is 0.653. The number of carboxylic acids is 1. The molecule has 0 heterocycles. The number of carbonyl (C=O) groups excluding carboxylic acids is 1. The van der Waals surface area contributed by atoms with Crippen molar-refractivity contribution in [3.63, 3.8) is 0 Å². The average molecular weight is 270 g/mol. The Morgan fingerprint density at radius 2 is 2.20 bits per heavy atom. The molecule has 0 radical (unpaired) electrons. The van der Waals surface area contributed by atoms with Crippen molar-refractivity contribution in [3.05, 3.63) is 28.2 Å². The summed E-state index contributed by atoms with van der Waals surface area (Å²) in [6, 6.07) is 5.36. The fourth-order valence-electron chi connectivity index (χ4n) is 1.69. The standard InChI is InChI=1S/C11H11BrO3/c1-15-9-6-7(2-3-8(9)12)11(4-5-11)10(13)14/h2-3,6H,4-5H2,1H3,(H,13,14)/p-1. The number of carbonyl (C=O) groups is 1. The highest BCUT2D eigenvalue weighted by atomic mass is 79.9. The molecule has 80 valence electrons. The van der Waals surface area contributed by atoms with Crippen molar-refractivity contribution in [2.45, 2.75) is 18.3 Å². The Hall–Kier alpha value is -1.03. The van der Waals surface area contributed by atoms with E-state index in [1.54, 1.807) is 25.3 Å². The Kier molecular flexibility index (Phi) is 2.46. The first-order valence-corrected chi connectivity index (χ1v) is 5.45. The van der Waals surface area contributed by atoms with Crippen LogP contribution >= 0.6 is 15.9 Å². The van der Waals surface area contributed by atoms with Crippen LogP contribution in [0.15, 0.2) is 22.7 Å². The Balaban J connectivity index is 2.42. The number of hydrogen-bond donors (Lipinski definition) is 0. The minimum atomic E-state index is -0.994. The van der Waals surface area contributed by atoms with Gasteiger partial charge in [0.1, 0.15) is 5.75 Å². The van der Waals surface area contributed by atoms with Crippen molar-refractivity contribution in [1.82, 2.24) is 0 Å². The molecule has 4 heteroatoms. The van der Waals surface area contributed by atoms with Crippen LogP contribution < -0.4 is 9.84 Å². The second-order valence-corrected chi connectivity index (χ2v) is 4.57. The maximum absolute atomic E-state index is 11.0. The van der Waals surface area contributed by atoms with Crippen LogP contribution in [0.5, 0.6) is 5.75 Å². The molecule has 1 saturated carbocycles. The van der Waals surface area contributed by atoms with Crippen molar-refractivity contribution in [1.29, 1.82) is 0 Å². The second kappa shape index (κ2) is 3.52. The molecule has 0 bridgehead atoms. The van der Waals surface area contributed by atoms with Gasteiger partial charge in [0, 0.05) is 5.41 Å². The van der Waals surface area contributed by atoms with Gasteiger partial charge in [0.2, 0.25) is 0 Å². The first-order chi connectivity index (χ1) is 7.10. The quantitative estimate of drug-likeness (QED) is 0.830. The largest absolute Gasteiger partial charge is 0.549 e. The van der Waals surface area contributed by atoms with Crippen molar-refractivity contribution >= 4 is 21.9 Å². The fraction of sp³-hybridized carbons (Fsp3) is 0.364. The maximum Gasteiger partial charge on any atom is 0.133 e. The molecule has 0 saturated heterocycles. The molecule has 1 aromatic carbocycles. The highest BCUT2D eigenvalue weighted by molar-refractivity contribution is 9.10. The summed E-state index contributed by atoms with van der Waals surface area (Å²) in [5.41, 5.74) is -0.00361. The molecule has 1 aromatic rings. The molecule has 3 nitrogen and oxygen atoms in total. The van der Waals surface area contributed by atoms with Crippen LogP contribution in [0.25, 0.3) is 0 Å². The van der Waals surface area contributed by atoms with E-state index >= 15 is 0 Å². The monoisotopic (exact) mass is 269 g/mol. The number of hydrogen-bond acceptors (Lipinski definition) is 3. The highest BCUT2D eigenvalue weighted by Gasteiger charge is 2.46. The third kappa shape index (κ3) is 1.63. The van der Waals surface area contributed by atoms with Gasteiger partial charge in [-0.2, -0.15) is 0 Å². The number of benzene rings is 1. The van der Waals surface area contributed by atoms with E-state index in [0.717, 1.165) is 10.0 Å². The number of aliphatic carboxylic acids is 1. The lowest BCUT2D eigenvalue weighted by atomic mass is 9.96. The molecule has 0 aromatic heterocycles. The lowest BCUT2D eigenvalue weighted by molar-refractivity contribution is -0.309. The van der Waals surface area contributed by atoms with Crippen molar-refractivity contribution < 1.29 is 14.6 Å². The van der Waals surface area contributed by atoms with Gasteiger partial charge in [-0.15, -0.1) is 0 Å². The van der Waals surface area contributed by atoms with Crippen LogP contribution in [-0.2, 0) is 10.2 Å². The first kappa shape index (κ1) is 10.5. The maximum atomic E-state index is 11.0. The zero-order chi connectivity index (χ0) is 11.1. The number of rotatable bonds is 3. The van der Waals surface area contributed by atoms with E-state index in [1.807, 2.05) is 0 Å². The third-order valence-corrected chi connectivity index (χ3v) is 3.50. The summed E-state index contributed by atoms with van der Waals surface area (Å²) in [7, 11) is 1.56. The Morgan fingerprint density at radius 3 is 2.67 bits per heavy atom. The summed E-state index contributed by atoms with van der Waals surface area (Å²) in [4.78, 5) is 11.0. The van der Waals surface area contributed by atoms with E-state index in [4.69, 9.17) is 4.74 Å². The van der Waals surface area contributed by atoms with Crippen LogP contribution in [0, 0.1) is 0 Å². The van der Waals surface area contributed by atoms with Crippen LogP contribution in [0.3, 0.4) is 0 Å². The van der Waals surface area contributed by atoms with Gasteiger partial charge in [-0.25, -0.2) is 0 Å². The molecular weight excluding hydrogens is 260 g/mol. The van der Waals surface area contributed by atoms with Crippen molar-refractivity contribution in [2.24, 2.45) is 0 Å². The predicted molar refractivity (Wildman–Crippen MR) is 56.6 cm³/mol. The van der Waals surface area contributed by atoms with Gasteiger partial charge < -0.3 is 14.6 Å². The molecule has 0 aliphatic heterocycles. The summed E-state index contributed by atoms with van der Waals surface area (Å²) in [6.07, 6.45) is 1.31. The van der Waals surface area contributed by atoms with Gasteiger partial charge in [-0.3, -0.25) is 0 Å². The zero-order valence-corrected chi connectivity index (χ0v) is 9.83. The molecular formula is C11H10BrO3-. The molecule has 1 aliphatic carbocycles. The van der Waals surface area contributed by atoms with Crippen LogP contribution in [0.1, 0.15) is 18.4 Å². The van der Waals surface area contributed by atoms with Crippen LogP contribution in [0.4, 0.5) is 0 Å². The van der Waals surface area contributed by atoms with Gasteiger partial charge in [-0.05, 0) is 46.5 Å². The van der Waals surface area contributed by atoms with Gasteiger partial charge in [-0.1, -0.05) is 6.07 Å². The molecule has 15 heavy (non-hydrogen) atoms. The third-order valence-electron chi connectivity index (χ3n) is 2.84. The molecule has 1 fully saturated rings. The van der Waals surface area contributed by atoms with Crippen LogP contribution in [0.2, 0.25) is 0 Å². The normalized spacial score (nSPS) is 17.2. The van der Waals surface area contributed by atoms with Gasteiger partial charge >= 0.3 is 0 Å². The van der Waals surface area contributed by atoms with Gasteiger partial charge in [0.15, 0.2) is 0 Å². The summed E-state index contributed by atoms with van der Waals surface area (Å²) < 4.78 is 5.95. The second-order valence-electron chi connectivity index (χ2n) is 3.72. The van der Waals surface area contributed by atoms with E-state index < -0.39 is 11.4 Å². The Labute approximate surface area is 96.2 Å². The zero-order valence-electron chi connectivity index (χ0n) is 8.25. The number of carboxylic acid groups (broad SMARTS) is 1. The summed E-state index contributed by atoms with van der Waals surface area (Å²) in [5.74, 6) is -0.341. The van der Waals surface area contributed by atoms with E-state index in [1.165, 1.54) is 0 Å². The van der Waals surface area contributed by atoms with Crippen molar-refractivity contribution in [3.8, 4) is 5.75 Å². The SMILES string of the molecule is COc1cc(C2(C(=O)[O-])CC2)ccc1Br. The fourth-order valence-corrected chi connectivity index (χ4v) is 2.10. The number of halogens is 1. The molecule has 0 amide bonds. The highest BCUT2D eigenvalue weighted by Crippen LogP contribution is 2.49. The van der Waals surface area contributed by atoms with Crippen LogP contribution in [-0.4, -0.2) is 13.1 Å². The lowest BCUT2D eigenvalue weighted by Crippen LogP contribution is -2.35. The molecule has 0 N–H and O–H groups in total. The predicted octanol–water partition coefficient (Wildman–Crippen LogP) is 1.24. The number of ether oxygens (including phenoxy) is 1. The summed E-state index contributed by atoms with van der Waals surface area (Å²) in [5, 5.41) is 11.0. The Bertz CT molecular complexity index is 410. The van der Waals surface area contributed by atoms with Gasteiger partial charge in [0.25, 0.3) is 0 Å². The average Bonchev–Trinajstić information content (AvgIpc) is 2.99. The van der Waals surface area contributed by atoms with Crippen molar-refractivity contribution in [2.75, 3.05) is 7.11 Å². The van der Waals surface area contributed by atoms with E-state index in [0.29, 0.717) is 18.6 Å². The molecule has 0 atom stereocenters. The van der Waals surface area contributed by atoms with Gasteiger partial charge in [0.05, 0.1) is 17.6 Å². The molecule has 0 unspecified atom stereocenters. The molecule has 0 spiro atoms. The minimum Gasteiger partial charge on any atom is -0.549 e. The smallest absolute Gasteiger partial charge is 0.133 e. The summed E-state index contributed by atoms with van der Waals surface area (Å²) in [6.45, 7) is 0. The van der Waals surface area contributed by atoms with E-state index in [-0.39, 0.29) is 0 Å².